The van der Waals surface area contributed by atoms with Gasteiger partial charge in [-0.3, -0.25) is 0 Å². The molecule has 0 radical (unpaired) electrons. The number of hydrogen-bond donors (Lipinski definition) is 3. The first-order valence-corrected chi connectivity index (χ1v) is 14.1. The van der Waals surface area contributed by atoms with E-state index in [1.165, 1.54) is 0 Å². The fraction of sp³-hybridized carbons (Fsp3) is 0.581. The van der Waals surface area contributed by atoms with Crippen molar-refractivity contribution in [2.24, 2.45) is 11.8 Å². The van der Waals surface area contributed by atoms with Crippen LogP contribution in [0, 0.1) is 11.8 Å². The maximum atomic E-state index is 13.3. The zero-order valence-electron chi connectivity index (χ0n) is 23.6. The first kappa shape index (κ1) is 29.9. The lowest BCUT2D eigenvalue weighted by Crippen LogP contribution is -2.54. The fourth-order valence-electron chi connectivity index (χ4n) is 5.55. The molecule has 3 N–H and O–H groups in total. The number of likely N-dealkylation sites (N-methyl/N-ethyl adjacent to an activating group) is 1. The van der Waals surface area contributed by atoms with Crippen LogP contribution in [0.3, 0.4) is 0 Å². The number of piperidine rings is 1. The number of rotatable bonds is 14. The number of para-hydroxylation sites is 2. The molecule has 0 bridgehead atoms. The van der Waals surface area contributed by atoms with Crippen LogP contribution in [0.4, 0.5) is 4.79 Å². The number of nitrogens with one attached hydrogen (secondary N) is 2. The van der Waals surface area contributed by atoms with E-state index in [2.05, 4.69) is 24.5 Å². The van der Waals surface area contributed by atoms with Crippen molar-refractivity contribution in [2.45, 2.75) is 64.0 Å². The average Bonchev–Trinajstić information content (AvgIpc) is 2.92. The number of unbranched alkanes of at least 4 members (excludes halogenated alkanes) is 1. The highest BCUT2D eigenvalue weighted by Crippen LogP contribution is 2.44. The molecule has 0 spiro atoms. The molecule has 1 fully saturated rings. The van der Waals surface area contributed by atoms with Gasteiger partial charge in [0.1, 0.15) is 11.5 Å². The highest BCUT2D eigenvalue weighted by Gasteiger charge is 2.43. The monoisotopic (exact) mass is 525 g/mol. The van der Waals surface area contributed by atoms with Crippen molar-refractivity contribution in [3.8, 4) is 11.5 Å². The lowest BCUT2D eigenvalue weighted by Gasteiger charge is -2.43. The van der Waals surface area contributed by atoms with Crippen LogP contribution in [0.1, 0.15) is 57.9 Å². The summed E-state index contributed by atoms with van der Waals surface area (Å²) in [5.41, 5.74) is -0.359. The minimum absolute atomic E-state index is 0.0499. The Morgan fingerprint density at radius 3 is 2.58 bits per heavy atom. The lowest BCUT2D eigenvalue weighted by molar-refractivity contribution is -0.0575. The number of likely N-dealkylation sites (tertiary alicyclic amines) is 1. The quantitative estimate of drug-likeness (QED) is 0.282. The molecule has 3 atom stereocenters. The van der Waals surface area contributed by atoms with Crippen LogP contribution in [-0.4, -0.2) is 62.5 Å². The molecule has 2 aromatic rings. The number of carbonyl (C=O) groups excluding carboxylic acids is 1. The number of benzene rings is 2. The Bertz CT molecular complexity index is 971. The predicted octanol–water partition coefficient (Wildman–Crippen LogP) is 5.54. The molecule has 7 nitrogen and oxygen atoms in total. The summed E-state index contributed by atoms with van der Waals surface area (Å²) in [6, 6.07) is 17.5. The average molecular weight is 526 g/mol. The molecule has 0 aliphatic carbocycles. The Hall–Kier alpha value is -2.61. The molecular formula is C31H47N3O4. The molecule has 2 aromatic carbocycles. The Morgan fingerprint density at radius 1 is 1.13 bits per heavy atom. The minimum Gasteiger partial charge on any atom is -0.457 e. The van der Waals surface area contributed by atoms with Gasteiger partial charge in [0.15, 0.2) is 0 Å². The molecule has 0 saturated carbocycles. The predicted molar refractivity (Wildman–Crippen MR) is 153 cm³/mol. The number of urea groups is 1. The SMILES string of the molecule is CNCC(CC(C)C)NC(=O)N1CCCC(C(O)(CCCCOC)c2ccccc2Oc2ccccc2)C1. The Kier molecular flexibility index (Phi) is 11.9. The van der Waals surface area contributed by atoms with Gasteiger partial charge in [-0.25, -0.2) is 4.79 Å². The molecule has 7 heteroatoms. The summed E-state index contributed by atoms with van der Waals surface area (Å²) >= 11 is 0. The van der Waals surface area contributed by atoms with Crippen LogP contribution in [0.2, 0.25) is 0 Å². The van der Waals surface area contributed by atoms with Crippen molar-refractivity contribution in [3.05, 3.63) is 60.2 Å². The highest BCUT2D eigenvalue weighted by atomic mass is 16.5. The lowest BCUT2D eigenvalue weighted by atomic mass is 9.73. The van der Waals surface area contributed by atoms with E-state index in [1.54, 1.807) is 7.11 Å². The van der Waals surface area contributed by atoms with E-state index in [0.29, 0.717) is 37.8 Å². The van der Waals surface area contributed by atoms with Crippen molar-refractivity contribution < 1.29 is 19.4 Å². The van der Waals surface area contributed by atoms with Gasteiger partial charge in [-0.2, -0.15) is 0 Å². The summed E-state index contributed by atoms with van der Waals surface area (Å²) in [7, 11) is 3.61. The van der Waals surface area contributed by atoms with Crippen molar-refractivity contribution >= 4 is 6.03 Å². The van der Waals surface area contributed by atoms with Gasteiger partial charge in [0.05, 0.1) is 5.60 Å². The second-order valence-corrected chi connectivity index (χ2v) is 10.9. The van der Waals surface area contributed by atoms with E-state index < -0.39 is 5.60 Å². The molecule has 210 valence electrons. The summed E-state index contributed by atoms with van der Waals surface area (Å²) in [6.07, 6.45) is 4.85. The van der Waals surface area contributed by atoms with E-state index in [-0.39, 0.29) is 18.0 Å². The van der Waals surface area contributed by atoms with Gasteiger partial charge in [-0.05, 0) is 69.7 Å². The van der Waals surface area contributed by atoms with Crippen LogP contribution < -0.4 is 15.4 Å². The van der Waals surface area contributed by atoms with E-state index >= 15 is 0 Å². The van der Waals surface area contributed by atoms with Gasteiger partial charge >= 0.3 is 6.03 Å². The number of aliphatic hydroxyl groups is 1. The number of amides is 2. The van der Waals surface area contributed by atoms with E-state index in [1.807, 2.05) is 66.5 Å². The molecule has 2 amide bonds. The molecule has 1 aliphatic rings. The smallest absolute Gasteiger partial charge is 0.317 e. The molecule has 3 unspecified atom stereocenters. The first-order valence-electron chi connectivity index (χ1n) is 14.1. The molecule has 1 heterocycles. The fourth-order valence-corrected chi connectivity index (χ4v) is 5.55. The normalized spacial score (nSPS) is 18.2. The molecule has 3 rings (SSSR count). The third-order valence-electron chi connectivity index (χ3n) is 7.40. The summed E-state index contributed by atoms with van der Waals surface area (Å²) in [5.74, 6) is 1.76. The van der Waals surface area contributed by atoms with Gasteiger partial charge in [0, 0.05) is 50.9 Å². The summed E-state index contributed by atoms with van der Waals surface area (Å²) in [4.78, 5) is 15.2. The summed E-state index contributed by atoms with van der Waals surface area (Å²) in [6.45, 7) is 6.92. The van der Waals surface area contributed by atoms with Crippen LogP contribution in [0.15, 0.2) is 54.6 Å². The second kappa shape index (κ2) is 15.1. The maximum absolute atomic E-state index is 13.3. The van der Waals surface area contributed by atoms with Crippen LogP contribution >= 0.6 is 0 Å². The number of carbonyl (C=O) groups is 1. The third-order valence-corrected chi connectivity index (χ3v) is 7.40. The molecule has 38 heavy (non-hydrogen) atoms. The van der Waals surface area contributed by atoms with Crippen molar-refractivity contribution in [3.63, 3.8) is 0 Å². The van der Waals surface area contributed by atoms with Gasteiger partial charge < -0.3 is 30.1 Å². The van der Waals surface area contributed by atoms with E-state index in [0.717, 1.165) is 50.0 Å². The number of nitrogens with zero attached hydrogens (tertiary/aromatic N) is 1. The molecular weight excluding hydrogens is 478 g/mol. The number of hydrogen-bond acceptors (Lipinski definition) is 5. The number of ether oxygens (including phenoxy) is 2. The maximum Gasteiger partial charge on any atom is 0.317 e. The molecule has 1 aliphatic heterocycles. The largest absolute Gasteiger partial charge is 0.457 e. The summed E-state index contributed by atoms with van der Waals surface area (Å²) in [5, 5.41) is 18.9. The van der Waals surface area contributed by atoms with Crippen molar-refractivity contribution in [1.82, 2.24) is 15.5 Å². The first-order chi connectivity index (χ1) is 18.4. The van der Waals surface area contributed by atoms with Crippen LogP contribution in [-0.2, 0) is 10.3 Å². The zero-order valence-corrected chi connectivity index (χ0v) is 23.6. The molecule has 1 saturated heterocycles. The Balaban J connectivity index is 1.84. The number of methoxy groups -OCH3 is 1. The minimum atomic E-state index is -1.14. The standard InChI is InChI=1S/C31H47N3O4/c1-24(2)21-26(22-32-3)33-30(35)34-19-12-13-25(23-34)31(36,18-10-11-20-37-4)28-16-8-9-17-29(28)38-27-14-6-5-7-15-27/h5-9,14-17,24-26,32,36H,10-13,18-23H2,1-4H3,(H,33,35). The van der Waals surface area contributed by atoms with Gasteiger partial charge in [0.25, 0.3) is 0 Å². The second-order valence-electron chi connectivity index (χ2n) is 10.9. The van der Waals surface area contributed by atoms with Crippen molar-refractivity contribution in [1.29, 1.82) is 0 Å². The topological polar surface area (TPSA) is 83.1 Å². The molecule has 0 aromatic heterocycles. The van der Waals surface area contributed by atoms with Crippen LogP contribution in [0.5, 0.6) is 11.5 Å². The summed E-state index contributed by atoms with van der Waals surface area (Å²) < 4.78 is 11.6. The highest BCUT2D eigenvalue weighted by molar-refractivity contribution is 5.74. The van der Waals surface area contributed by atoms with Gasteiger partial charge in [-0.1, -0.05) is 50.2 Å². The van der Waals surface area contributed by atoms with Gasteiger partial charge in [0.2, 0.25) is 0 Å². The van der Waals surface area contributed by atoms with Crippen LogP contribution in [0.25, 0.3) is 0 Å². The van der Waals surface area contributed by atoms with Gasteiger partial charge in [-0.15, -0.1) is 0 Å². The zero-order chi connectivity index (χ0) is 27.4. The third kappa shape index (κ3) is 8.45. The van der Waals surface area contributed by atoms with E-state index in [4.69, 9.17) is 9.47 Å². The Labute approximate surface area is 228 Å². The van der Waals surface area contributed by atoms with E-state index in [9.17, 15) is 9.90 Å². The van der Waals surface area contributed by atoms with Crippen molar-refractivity contribution in [2.75, 3.05) is 40.4 Å². The Morgan fingerprint density at radius 2 is 1.87 bits per heavy atom.